The van der Waals surface area contributed by atoms with Crippen molar-refractivity contribution in [2.24, 2.45) is 0 Å². The Bertz CT molecular complexity index is 383. The normalized spacial score (nSPS) is 18.6. The number of hydrogen-bond acceptors (Lipinski definition) is 3. The van der Waals surface area contributed by atoms with Gasteiger partial charge in [-0.3, -0.25) is 4.79 Å². The molecule has 1 aliphatic rings. The van der Waals surface area contributed by atoms with Gasteiger partial charge < -0.3 is 14.8 Å². The van der Waals surface area contributed by atoms with E-state index in [1.165, 1.54) is 0 Å². The number of benzene rings is 1. The average Bonchev–Trinajstić information content (AvgIpc) is 2.90. The number of carbonyl (C=O) groups excluding carboxylic acids is 1. The number of ether oxygens (including phenoxy) is 2. The van der Waals surface area contributed by atoms with Crippen molar-refractivity contribution in [3.63, 3.8) is 0 Å². The lowest BCUT2D eigenvalue weighted by molar-refractivity contribution is -0.120. The Morgan fingerprint density at radius 2 is 2.22 bits per heavy atom. The minimum atomic E-state index is 0.0377. The molecule has 2 rings (SSSR count). The third-order valence-corrected chi connectivity index (χ3v) is 3.07. The molecule has 1 amide bonds. The molecule has 0 aromatic heterocycles. The van der Waals surface area contributed by atoms with E-state index in [-0.39, 0.29) is 12.0 Å². The summed E-state index contributed by atoms with van der Waals surface area (Å²) in [5.74, 6) is 0.842. The fraction of sp³-hybridized carbons (Fsp3) is 0.500. The van der Waals surface area contributed by atoms with Crippen LogP contribution in [0.3, 0.4) is 0 Å². The summed E-state index contributed by atoms with van der Waals surface area (Å²) in [7, 11) is 1.63. The largest absolute Gasteiger partial charge is 0.497 e. The molecule has 18 heavy (non-hydrogen) atoms. The Balaban J connectivity index is 1.75. The van der Waals surface area contributed by atoms with Gasteiger partial charge in [-0.25, -0.2) is 0 Å². The Labute approximate surface area is 107 Å². The smallest absolute Gasteiger partial charge is 0.224 e. The highest BCUT2D eigenvalue weighted by Gasteiger charge is 2.16. The van der Waals surface area contributed by atoms with Gasteiger partial charge in [-0.05, 0) is 30.5 Å². The van der Waals surface area contributed by atoms with Gasteiger partial charge in [0.2, 0.25) is 5.91 Å². The lowest BCUT2D eigenvalue weighted by Gasteiger charge is -2.10. The zero-order valence-corrected chi connectivity index (χ0v) is 10.6. The monoisotopic (exact) mass is 249 g/mol. The van der Waals surface area contributed by atoms with Crippen LogP contribution in [0.1, 0.15) is 18.4 Å². The fourth-order valence-corrected chi connectivity index (χ4v) is 2.02. The average molecular weight is 249 g/mol. The summed E-state index contributed by atoms with van der Waals surface area (Å²) in [6, 6.07) is 7.54. The quantitative estimate of drug-likeness (QED) is 0.861. The highest BCUT2D eigenvalue weighted by atomic mass is 16.5. The SMILES string of the molecule is COc1ccc(CC(=O)NCC2CCCO2)cc1. The first-order valence-electron chi connectivity index (χ1n) is 6.29. The Morgan fingerprint density at radius 1 is 1.44 bits per heavy atom. The van der Waals surface area contributed by atoms with Crippen LogP contribution in [0.25, 0.3) is 0 Å². The zero-order valence-electron chi connectivity index (χ0n) is 10.6. The molecule has 1 atom stereocenters. The van der Waals surface area contributed by atoms with E-state index >= 15 is 0 Å². The van der Waals surface area contributed by atoms with Gasteiger partial charge in [-0.2, -0.15) is 0 Å². The molecule has 1 heterocycles. The Hall–Kier alpha value is -1.55. The first-order valence-corrected chi connectivity index (χ1v) is 6.29. The van der Waals surface area contributed by atoms with Crippen molar-refractivity contribution >= 4 is 5.91 Å². The molecule has 0 saturated carbocycles. The van der Waals surface area contributed by atoms with E-state index < -0.39 is 0 Å². The molecule has 4 heteroatoms. The van der Waals surface area contributed by atoms with Crippen LogP contribution in [0.15, 0.2) is 24.3 Å². The van der Waals surface area contributed by atoms with Gasteiger partial charge in [-0.1, -0.05) is 12.1 Å². The number of hydrogen-bond donors (Lipinski definition) is 1. The van der Waals surface area contributed by atoms with Gasteiger partial charge >= 0.3 is 0 Å². The summed E-state index contributed by atoms with van der Waals surface area (Å²) >= 11 is 0. The van der Waals surface area contributed by atoms with Gasteiger partial charge in [0.15, 0.2) is 0 Å². The first-order chi connectivity index (χ1) is 8.78. The van der Waals surface area contributed by atoms with Crippen molar-refractivity contribution in [3.05, 3.63) is 29.8 Å². The summed E-state index contributed by atoms with van der Waals surface area (Å²) < 4.78 is 10.5. The summed E-state index contributed by atoms with van der Waals surface area (Å²) in [6.45, 7) is 1.44. The second-order valence-corrected chi connectivity index (χ2v) is 4.46. The predicted octanol–water partition coefficient (Wildman–Crippen LogP) is 1.53. The Morgan fingerprint density at radius 3 is 2.83 bits per heavy atom. The zero-order chi connectivity index (χ0) is 12.8. The van der Waals surface area contributed by atoms with Crippen molar-refractivity contribution < 1.29 is 14.3 Å². The first kappa shape index (κ1) is 12.9. The summed E-state index contributed by atoms with van der Waals surface area (Å²) in [4.78, 5) is 11.7. The van der Waals surface area contributed by atoms with Crippen LogP contribution in [0.2, 0.25) is 0 Å². The molecule has 1 aliphatic heterocycles. The summed E-state index contributed by atoms with van der Waals surface area (Å²) in [6.07, 6.45) is 2.74. The maximum Gasteiger partial charge on any atom is 0.224 e. The van der Waals surface area contributed by atoms with E-state index in [2.05, 4.69) is 5.32 Å². The van der Waals surface area contributed by atoms with Crippen LogP contribution in [0.4, 0.5) is 0 Å². The minimum Gasteiger partial charge on any atom is -0.497 e. The lowest BCUT2D eigenvalue weighted by Crippen LogP contribution is -2.32. The number of amides is 1. The molecule has 4 nitrogen and oxygen atoms in total. The van der Waals surface area contributed by atoms with Crippen molar-refractivity contribution in [2.75, 3.05) is 20.3 Å². The maximum absolute atomic E-state index is 11.7. The van der Waals surface area contributed by atoms with E-state index in [1.54, 1.807) is 7.11 Å². The van der Waals surface area contributed by atoms with E-state index in [0.717, 1.165) is 30.8 Å². The highest BCUT2D eigenvalue weighted by Crippen LogP contribution is 2.12. The number of methoxy groups -OCH3 is 1. The van der Waals surface area contributed by atoms with E-state index in [1.807, 2.05) is 24.3 Å². The summed E-state index contributed by atoms with van der Waals surface area (Å²) in [5, 5.41) is 2.91. The van der Waals surface area contributed by atoms with Crippen LogP contribution >= 0.6 is 0 Å². The highest BCUT2D eigenvalue weighted by molar-refractivity contribution is 5.78. The molecular formula is C14H19NO3. The molecular weight excluding hydrogens is 230 g/mol. The van der Waals surface area contributed by atoms with Gasteiger partial charge in [0.05, 0.1) is 19.6 Å². The summed E-state index contributed by atoms with van der Waals surface area (Å²) in [5.41, 5.74) is 0.987. The van der Waals surface area contributed by atoms with Crippen LogP contribution in [0, 0.1) is 0 Å². The topological polar surface area (TPSA) is 47.6 Å². The third kappa shape index (κ3) is 3.74. The van der Waals surface area contributed by atoms with Gasteiger partial charge in [0, 0.05) is 13.2 Å². The van der Waals surface area contributed by atoms with Crippen LogP contribution in [0.5, 0.6) is 5.75 Å². The fourth-order valence-electron chi connectivity index (χ4n) is 2.02. The van der Waals surface area contributed by atoms with E-state index in [4.69, 9.17) is 9.47 Å². The van der Waals surface area contributed by atoms with Gasteiger partial charge in [0.1, 0.15) is 5.75 Å². The van der Waals surface area contributed by atoms with Crippen LogP contribution in [-0.2, 0) is 16.0 Å². The minimum absolute atomic E-state index is 0.0377. The maximum atomic E-state index is 11.7. The van der Waals surface area contributed by atoms with Crippen molar-refractivity contribution in [2.45, 2.75) is 25.4 Å². The van der Waals surface area contributed by atoms with Crippen molar-refractivity contribution in [3.8, 4) is 5.75 Å². The molecule has 0 spiro atoms. The Kier molecular flexibility index (Phi) is 4.59. The predicted molar refractivity (Wildman–Crippen MR) is 68.7 cm³/mol. The molecule has 1 saturated heterocycles. The van der Waals surface area contributed by atoms with Gasteiger partial charge in [-0.15, -0.1) is 0 Å². The molecule has 1 N–H and O–H groups in total. The van der Waals surface area contributed by atoms with Crippen LogP contribution in [-0.4, -0.2) is 32.3 Å². The molecule has 0 bridgehead atoms. The lowest BCUT2D eigenvalue weighted by atomic mass is 10.1. The van der Waals surface area contributed by atoms with E-state index in [9.17, 15) is 4.79 Å². The molecule has 98 valence electrons. The molecule has 0 aliphatic carbocycles. The standard InChI is InChI=1S/C14H19NO3/c1-17-12-6-4-11(5-7-12)9-14(16)15-10-13-3-2-8-18-13/h4-7,13H,2-3,8-10H2,1H3,(H,15,16). The van der Waals surface area contributed by atoms with Crippen molar-refractivity contribution in [1.82, 2.24) is 5.32 Å². The number of nitrogens with one attached hydrogen (secondary N) is 1. The molecule has 1 fully saturated rings. The molecule has 1 aromatic rings. The third-order valence-electron chi connectivity index (χ3n) is 3.07. The number of carbonyl (C=O) groups is 1. The van der Waals surface area contributed by atoms with Crippen molar-refractivity contribution in [1.29, 1.82) is 0 Å². The van der Waals surface area contributed by atoms with E-state index in [0.29, 0.717) is 13.0 Å². The second-order valence-electron chi connectivity index (χ2n) is 4.46. The molecule has 1 unspecified atom stereocenters. The molecule has 0 radical (unpaired) electrons. The van der Waals surface area contributed by atoms with Crippen LogP contribution < -0.4 is 10.1 Å². The molecule has 1 aromatic carbocycles. The second kappa shape index (κ2) is 6.40. The number of rotatable bonds is 5. The van der Waals surface area contributed by atoms with Gasteiger partial charge in [0.25, 0.3) is 0 Å².